The van der Waals surface area contributed by atoms with Crippen LogP contribution in [-0.2, 0) is 9.59 Å². The van der Waals surface area contributed by atoms with E-state index >= 15 is 0 Å². The number of hydrogen-bond acceptors (Lipinski definition) is 3. The second kappa shape index (κ2) is 2.97. The predicted octanol–water partition coefficient (Wildman–Crippen LogP) is -0.893. The number of nitrogens with one attached hydrogen (secondary N) is 2. The highest BCUT2D eigenvalue weighted by molar-refractivity contribution is 7.99. The molecule has 0 aliphatic carbocycles. The van der Waals surface area contributed by atoms with Crippen molar-refractivity contribution in [2.45, 2.75) is 18.5 Å². The van der Waals surface area contributed by atoms with Gasteiger partial charge in [0.25, 0.3) is 0 Å². The standard InChI is InChI=1S/C7H10N2O2S/c10-6-4-1-2-12-3-5(9-6)7(11)8-4/h4-5H,1-3H2,(H,8,11)(H,9,10)/t4?,5-/m0/s1. The minimum atomic E-state index is -0.306. The lowest BCUT2D eigenvalue weighted by Gasteiger charge is -2.31. The van der Waals surface area contributed by atoms with Gasteiger partial charge in [0.2, 0.25) is 11.8 Å². The number of thioether (sulfide) groups is 1. The number of carbonyl (C=O) groups excluding carboxylic acids is 2. The van der Waals surface area contributed by atoms with E-state index in [2.05, 4.69) is 10.6 Å². The maximum Gasteiger partial charge on any atom is 0.244 e. The Hall–Kier alpha value is -0.710. The summed E-state index contributed by atoms with van der Waals surface area (Å²) in [5.74, 6) is 1.59. The molecule has 2 N–H and O–H groups in total. The van der Waals surface area contributed by atoms with E-state index in [0.717, 1.165) is 12.2 Å². The molecular formula is C7H10N2O2S. The summed E-state index contributed by atoms with van der Waals surface area (Å²) in [4.78, 5) is 22.5. The fourth-order valence-corrected chi connectivity index (χ4v) is 2.44. The molecule has 1 unspecified atom stereocenters. The first kappa shape index (κ1) is 7.91. The first-order valence-electron chi connectivity index (χ1n) is 3.96. The zero-order valence-corrected chi connectivity index (χ0v) is 7.32. The van der Waals surface area contributed by atoms with Crippen LogP contribution < -0.4 is 10.6 Å². The highest BCUT2D eigenvalue weighted by Gasteiger charge is 2.34. The van der Waals surface area contributed by atoms with Crippen molar-refractivity contribution in [3.63, 3.8) is 0 Å². The van der Waals surface area contributed by atoms with Gasteiger partial charge >= 0.3 is 0 Å². The minimum Gasteiger partial charge on any atom is -0.342 e. The molecule has 0 aromatic heterocycles. The lowest BCUT2D eigenvalue weighted by Crippen LogP contribution is -2.63. The van der Waals surface area contributed by atoms with Crippen LogP contribution in [0.3, 0.4) is 0 Å². The minimum absolute atomic E-state index is 0.0279. The summed E-state index contributed by atoms with van der Waals surface area (Å²) >= 11 is 1.72. The van der Waals surface area contributed by atoms with Crippen molar-refractivity contribution in [1.29, 1.82) is 0 Å². The monoisotopic (exact) mass is 186 g/mol. The van der Waals surface area contributed by atoms with Gasteiger partial charge in [0.05, 0.1) is 0 Å². The Bertz CT molecular complexity index is 207. The predicted molar refractivity (Wildman–Crippen MR) is 45.8 cm³/mol. The van der Waals surface area contributed by atoms with Gasteiger partial charge < -0.3 is 10.6 Å². The molecule has 0 aromatic rings. The molecule has 3 aliphatic rings. The Morgan fingerprint density at radius 1 is 1.17 bits per heavy atom. The van der Waals surface area contributed by atoms with Crippen LogP contribution in [0.25, 0.3) is 0 Å². The summed E-state index contributed by atoms with van der Waals surface area (Å²) in [6.07, 6.45) is 0.745. The number of amides is 2. The van der Waals surface area contributed by atoms with Crippen molar-refractivity contribution in [3.8, 4) is 0 Å². The van der Waals surface area contributed by atoms with Crippen molar-refractivity contribution in [2.24, 2.45) is 0 Å². The first-order valence-corrected chi connectivity index (χ1v) is 5.11. The van der Waals surface area contributed by atoms with E-state index in [1.54, 1.807) is 11.8 Å². The summed E-state index contributed by atoms with van der Waals surface area (Å²) in [7, 11) is 0. The zero-order valence-electron chi connectivity index (χ0n) is 6.50. The number of rotatable bonds is 0. The van der Waals surface area contributed by atoms with Crippen LogP contribution in [0, 0.1) is 0 Å². The maximum absolute atomic E-state index is 11.2. The average Bonchev–Trinajstić information content (AvgIpc) is 2.00. The van der Waals surface area contributed by atoms with Crippen molar-refractivity contribution < 1.29 is 9.59 Å². The normalized spacial score (nSPS) is 35.0. The summed E-state index contributed by atoms with van der Waals surface area (Å²) < 4.78 is 0. The molecule has 2 amide bonds. The van der Waals surface area contributed by atoms with E-state index in [1.807, 2.05) is 0 Å². The molecule has 3 fully saturated rings. The van der Waals surface area contributed by atoms with Crippen molar-refractivity contribution in [2.75, 3.05) is 11.5 Å². The zero-order chi connectivity index (χ0) is 8.55. The van der Waals surface area contributed by atoms with Gasteiger partial charge in [-0.05, 0) is 12.2 Å². The Morgan fingerprint density at radius 3 is 2.67 bits per heavy atom. The van der Waals surface area contributed by atoms with E-state index in [4.69, 9.17) is 0 Å². The summed E-state index contributed by atoms with van der Waals surface area (Å²) in [6.45, 7) is 0. The third-order valence-corrected chi connectivity index (χ3v) is 3.19. The quantitative estimate of drug-likeness (QED) is 0.516. The van der Waals surface area contributed by atoms with Crippen LogP contribution in [-0.4, -0.2) is 35.4 Å². The van der Waals surface area contributed by atoms with Gasteiger partial charge in [0.1, 0.15) is 12.1 Å². The molecule has 3 aliphatic heterocycles. The fraction of sp³-hybridized carbons (Fsp3) is 0.714. The SMILES string of the molecule is O=C1N[C@H]2CSCCC1NC2=O. The molecule has 4 nitrogen and oxygen atoms in total. The molecule has 66 valence electrons. The second-order valence-corrected chi connectivity index (χ2v) is 4.14. The molecule has 0 spiro atoms. The number of piperazine rings is 1. The maximum atomic E-state index is 11.2. The Balaban J connectivity index is 2.17. The molecule has 5 heteroatoms. The van der Waals surface area contributed by atoms with Crippen LogP contribution in [0.2, 0.25) is 0 Å². The Labute approximate surface area is 74.5 Å². The molecule has 3 saturated heterocycles. The number of carbonyl (C=O) groups is 2. The highest BCUT2D eigenvalue weighted by Crippen LogP contribution is 2.15. The molecule has 0 radical (unpaired) electrons. The van der Waals surface area contributed by atoms with E-state index in [9.17, 15) is 9.59 Å². The van der Waals surface area contributed by atoms with E-state index < -0.39 is 0 Å². The highest BCUT2D eigenvalue weighted by atomic mass is 32.2. The fourth-order valence-electron chi connectivity index (χ4n) is 1.40. The average molecular weight is 186 g/mol. The molecule has 2 bridgehead atoms. The first-order chi connectivity index (χ1) is 5.77. The van der Waals surface area contributed by atoms with Crippen LogP contribution in [0.4, 0.5) is 0 Å². The smallest absolute Gasteiger partial charge is 0.244 e. The van der Waals surface area contributed by atoms with Crippen LogP contribution in [0.5, 0.6) is 0 Å². The van der Waals surface area contributed by atoms with E-state index in [1.165, 1.54) is 0 Å². The van der Waals surface area contributed by atoms with E-state index in [-0.39, 0.29) is 23.9 Å². The lowest BCUT2D eigenvalue weighted by molar-refractivity contribution is -0.136. The van der Waals surface area contributed by atoms with E-state index in [0.29, 0.717) is 5.75 Å². The van der Waals surface area contributed by atoms with Crippen LogP contribution in [0.1, 0.15) is 6.42 Å². The van der Waals surface area contributed by atoms with Crippen molar-refractivity contribution >= 4 is 23.6 Å². The van der Waals surface area contributed by atoms with Gasteiger partial charge in [-0.25, -0.2) is 0 Å². The molecule has 3 heterocycles. The van der Waals surface area contributed by atoms with Gasteiger partial charge in [-0.2, -0.15) is 11.8 Å². The topological polar surface area (TPSA) is 58.2 Å². The summed E-state index contributed by atoms with van der Waals surface area (Å²) in [5.41, 5.74) is 0. The molecule has 3 rings (SSSR count). The molecule has 0 aromatic carbocycles. The summed E-state index contributed by atoms with van der Waals surface area (Å²) in [6, 6.07) is -0.597. The van der Waals surface area contributed by atoms with Crippen LogP contribution >= 0.6 is 11.8 Å². The lowest BCUT2D eigenvalue weighted by atomic mass is 10.1. The summed E-state index contributed by atoms with van der Waals surface area (Å²) in [5, 5.41) is 5.40. The second-order valence-electron chi connectivity index (χ2n) is 2.99. The van der Waals surface area contributed by atoms with Gasteiger partial charge in [-0.1, -0.05) is 0 Å². The van der Waals surface area contributed by atoms with Gasteiger partial charge in [0, 0.05) is 5.75 Å². The van der Waals surface area contributed by atoms with Crippen molar-refractivity contribution in [1.82, 2.24) is 10.6 Å². The largest absolute Gasteiger partial charge is 0.342 e. The van der Waals surface area contributed by atoms with Gasteiger partial charge in [0.15, 0.2) is 0 Å². The van der Waals surface area contributed by atoms with Gasteiger partial charge in [-0.3, -0.25) is 9.59 Å². The molecule has 12 heavy (non-hydrogen) atoms. The number of hydrogen-bond donors (Lipinski definition) is 2. The number of fused-ring (bicyclic) bond motifs is 5. The third-order valence-electron chi connectivity index (χ3n) is 2.10. The van der Waals surface area contributed by atoms with Crippen LogP contribution in [0.15, 0.2) is 0 Å². The Morgan fingerprint density at radius 2 is 1.83 bits per heavy atom. The van der Waals surface area contributed by atoms with Gasteiger partial charge in [-0.15, -0.1) is 0 Å². The molecule has 0 saturated carbocycles. The molecular weight excluding hydrogens is 176 g/mol. The van der Waals surface area contributed by atoms with Crippen molar-refractivity contribution in [3.05, 3.63) is 0 Å². The molecule has 2 atom stereocenters. The third kappa shape index (κ3) is 1.29. The Kier molecular flexibility index (Phi) is 1.96.